The smallest absolute Gasteiger partial charge is 0.149 e. The molecule has 0 atom stereocenters. The molecule has 0 aliphatic heterocycles. The van der Waals surface area contributed by atoms with Crippen LogP contribution in [0.15, 0.2) is 29.8 Å². The van der Waals surface area contributed by atoms with E-state index in [0.717, 1.165) is 0 Å². The number of anilines is 1. The second-order valence-electron chi connectivity index (χ2n) is 3.28. The molecule has 76 valence electrons. The van der Waals surface area contributed by atoms with Crippen molar-refractivity contribution in [1.82, 2.24) is 0 Å². The van der Waals surface area contributed by atoms with Crippen molar-refractivity contribution in [3.8, 4) is 5.75 Å². The fourth-order valence-electron chi connectivity index (χ4n) is 0.902. The van der Waals surface area contributed by atoms with Gasteiger partial charge in [-0.25, -0.2) is 4.39 Å². The molecule has 0 aliphatic rings. The first-order valence-electron chi connectivity index (χ1n) is 4.41. The molecule has 0 radical (unpaired) electrons. The lowest BCUT2D eigenvalue weighted by molar-refractivity contribution is 0.360. The Labute approximate surface area is 83.2 Å². The first-order valence-corrected chi connectivity index (χ1v) is 4.41. The summed E-state index contributed by atoms with van der Waals surface area (Å²) in [6.07, 6.45) is 1.92. The van der Waals surface area contributed by atoms with Crippen LogP contribution in [0.4, 0.5) is 10.1 Å². The maximum atomic E-state index is 12.9. The van der Waals surface area contributed by atoms with Crippen LogP contribution < -0.4 is 10.5 Å². The van der Waals surface area contributed by atoms with Crippen LogP contribution in [0.25, 0.3) is 0 Å². The average Bonchev–Trinajstić information content (AvgIpc) is 2.10. The Morgan fingerprint density at radius 2 is 2.21 bits per heavy atom. The molecule has 1 aromatic rings. The minimum Gasteiger partial charge on any atom is -0.489 e. The van der Waals surface area contributed by atoms with Gasteiger partial charge in [0.1, 0.15) is 18.2 Å². The Morgan fingerprint density at radius 1 is 1.50 bits per heavy atom. The fraction of sp³-hybridized carbons (Fsp3) is 0.273. The van der Waals surface area contributed by atoms with Crippen LogP contribution >= 0.6 is 0 Å². The van der Waals surface area contributed by atoms with Gasteiger partial charge in [0.2, 0.25) is 0 Å². The second kappa shape index (κ2) is 4.65. The third-order valence-corrected chi connectivity index (χ3v) is 1.71. The van der Waals surface area contributed by atoms with Crippen molar-refractivity contribution >= 4 is 5.69 Å². The molecule has 0 spiro atoms. The Balaban J connectivity index is 2.60. The summed E-state index contributed by atoms with van der Waals surface area (Å²) in [5, 5.41) is 0. The molecule has 0 saturated heterocycles. The van der Waals surface area contributed by atoms with Gasteiger partial charge in [-0.2, -0.15) is 0 Å². The van der Waals surface area contributed by atoms with Crippen LogP contribution in [0.5, 0.6) is 5.75 Å². The van der Waals surface area contributed by atoms with Gasteiger partial charge in [0.25, 0.3) is 0 Å². The van der Waals surface area contributed by atoms with Gasteiger partial charge in [-0.05, 0) is 32.1 Å². The Morgan fingerprint density at radius 3 is 2.79 bits per heavy atom. The molecular weight excluding hydrogens is 181 g/mol. The third-order valence-electron chi connectivity index (χ3n) is 1.71. The first-order chi connectivity index (χ1) is 6.59. The molecule has 14 heavy (non-hydrogen) atoms. The summed E-state index contributed by atoms with van der Waals surface area (Å²) in [5.41, 5.74) is 6.63. The molecule has 0 bridgehead atoms. The monoisotopic (exact) mass is 195 g/mol. The van der Waals surface area contributed by atoms with E-state index in [4.69, 9.17) is 10.5 Å². The number of rotatable bonds is 3. The number of benzene rings is 1. The van der Waals surface area contributed by atoms with Gasteiger partial charge < -0.3 is 10.5 Å². The quantitative estimate of drug-likeness (QED) is 0.594. The zero-order valence-electron chi connectivity index (χ0n) is 8.38. The molecule has 0 aromatic heterocycles. The van der Waals surface area contributed by atoms with E-state index in [-0.39, 0.29) is 5.69 Å². The van der Waals surface area contributed by atoms with Crippen molar-refractivity contribution in [2.45, 2.75) is 13.8 Å². The van der Waals surface area contributed by atoms with Gasteiger partial charge in [-0.1, -0.05) is 5.57 Å². The van der Waals surface area contributed by atoms with E-state index in [1.54, 1.807) is 6.07 Å². The molecule has 1 rings (SSSR count). The fourth-order valence-corrected chi connectivity index (χ4v) is 0.902. The zero-order valence-corrected chi connectivity index (χ0v) is 8.38. The molecule has 0 unspecified atom stereocenters. The van der Waals surface area contributed by atoms with Gasteiger partial charge >= 0.3 is 0 Å². The topological polar surface area (TPSA) is 35.2 Å². The van der Waals surface area contributed by atoms with E-state index in [9.17, 15) is 4.39 Å². The van der Waals surface area contributed by atoms with Crippen molar-refractivity contribution in [3.05, 3.63) is 35.7 Å². The molecule has 0 aliphatic carbocycles. The van der Waals surface area contributed by atoms with Gasteiger partial charge in [0, 0.05) is 6.07 Å². The highest BCUT2D eigenvalue weighted by atomic mass is 19.1. The molecule has 0 fully saturated rings. The Bertz CT molecular complexity index is 343. The predicted molar refractivity (Wildman–Crippen MR) is 55.7 cm³/mol. The van der Waals surface area contributed by atoms with E-state index >= 15 is 0 Å². The molecule has 0 heterocycles. The predicted octanol–water partition coefficient (Wildman–Crippen LogP) is 2.75. The lowest BCUT2D eigenvalue weighted by Gasteiger charge is -2.04. The molecule has 0 amide bonds. The molecule has 2 nitrogen and oxygen atoms in total. The van der Waals surface area contributed by atoms with E-state index < -0.39 is 5.82 Å². The SMILES string of the molecule is CC(C)=CCOc1ccc(N)c(F)c1. The van der Waals surface area contributed by atoms with Crippen LogP contribution in [0.2, 0.25) is 0 Å². The highest BCUT2D eigenvalue weighted by Gasteiger charge is 1.99. The number of nitrogen functional groups attached to an aromatic ring is 1. The largest absolute Gasteiger partial charge is 0.489 e. The molecular formula is C11H14FNO. The van der Waals surface area contributed by atoms with Crippen molar-refractivity contribution < 1.29 is 9.13 Å². The molecule has 3 heteroatoms. The van der Waals surface area contributed by atoms with Crippen LogP contribution in [-0.2, 0) is 0 Å². The van der Waals surface area contributed by atoms with E-state index in [0.29, 0.717) is 12.4 Å². The number of hydrogen-bond acceptors (Lipinski definition) is 2. The Hall–Kier alpha value is -1.51. The van der Waals surface area contributed by atoms with Crippen molar-refractivity contribution in [2.24, 2.45) is 0 Å². The maximum absolute atomic E-state index is 12.9. The normalized spacial score (nSPS) is 9.64. The average molecular weight is 195 g/mol. The molecule has 0 saturated carbocycles. The van der Waals surface area contributed by atoms with Gasteiger partial charge in [0.15, 0.2) is 0 Å². The van der Waals surface area contributed by atoms with Gasteiger partial charge in [-0.15, -0.1) is 0 Å². The summed E-state index contributed by atoms with van der Waals surface area (Å²) < 4.78 is 18.2. The Kier molecular flexibility index (Phi) is 3.51. The van der Waals surface area contributed by atoms with E-state index in [1.165, 1.54) is 17.7 Å². The van der Waals surface area contributed by atoms with Crippen molar-refractivity contribution in [3.63, 3.8) is 0 Å². The van der Waals surface area contributed by atoms with Gasteiger partial charge in [-0.3, -0.25) is 0 Å². The maximum Gasteiger partial charge on any atom is 0.149 e. The zero-order chi connectivity index (χ0) is 10.6. The van der Waals surface area contributed by atoms with Crippen LogP contribution in [0.3, 0.4) is 0 Å². The number of nitrogens with two attached hydrogens (primary N) is 1. The summed E-state index contributed by atoms with van der Waals surface area (Å²) in [4.78, 5) is 0. The molecule has 1 aromatic carbocycles. The number of halogens is 1. The summed E-state index contributed by atoms with van der Waals surface area (Å²) in [5.74, 6) is 0.0499. The van der Waals surface area contributed by atoms with Crippen LogP contribution in [-0.4, -0.2) is 6.61 Å². The summed E-state index contributed by atoms with van der Waals surface area (Å²) in [7, 11) is 0. The second-order valence-corrected chi connectivity index (χ2v) is 3.28. The lowest BCUT2D eigenvalue weighted by atomic mass is 10.3. The first kappa shape index (κ1) is 10.6. The molecule has 2 N–H and O–H groups in total. The summed E-state index contributed by atoms with van der Waals surface area (Å²) >= 11 is 0. The van der Waals surface area contributed by atoms with Gasteiger partial charge in [0.05, 0.1) is 5.69 Å². The van der Waals surface area contributed by atoms with Crippen molar-refractivity contribution in [1.29, 1.82) is 0 Å². The lowest BCUT2D eigenvalue weighted by Crippen LogP contribution is -1.96. The standard InChI is InChI=1S/C11H14FNO/c1-8(2)5-6-14-9-3-4-11(13)10(12)7-9/h3-5,7H,6,13H2,1-2H3. The van der Waals surface area contributed by atoms with Crippen LogP contribution in [0, 0.1) is 5.82 Å². The summed E-state index contributed by atoms with van der Waals surface area (Å²) in [6, 6.07) is 4.43. The highest BCUT2D eigenvalue weighted by Crippen LogP contribution is 2.17. The highest BCUT2D eigenvalue weighted by molar-refractivity contribution is 5.43. The number of allylic oxidation sites excluding steroid dienone is 1. The van der Waals surface area contributed by atoms with Crippen LogP contribution in [0.1, 0.15) is 13.8 Å². The third kappa shape index (κ3) is 3.09. The van der Waals surface area contributed by atoms with E-state index in [2.05, 4.69) is 0 Å². The summed E-state index contributed by atoms with van der Waals surface area (Å²) in [6.45, 7) is 4.41. The minimum atomic E-state index is -0.445. The minimum absolute atomic E-state index is 0.138. The van der Waals surface area contributed by atoms with E-state index in [1.807, 2.05) is 19.9 Å². The van der Waals surface area contributed by atoms with Crippen molar-refractivity contribution in [2.75, 3.05) is 12.3 Å². The number of ether oxygens (including phenoxy) is 1. The number of hydrogen-bond donors (Lipinski definition) is 1.